The molecule has 0 amide bonds. The van der Waals surface area contributed by atoms with Crippen molar-refractivity contribution < 1.29 is 18.0 Å². The molecule has 0 spiro atoms. The van der Waals surface area contributed by atoms with E-state index < -0.39 is 17.4 Å². The molecule has 27 heavy (non-hydrogen) atoms. The molecule has 1 fully saturated rings. The van der Waals surface area contributed by atoms with Gasteiger partial charge < -0.3 is 9.26 Å². The highest BCUT2D eigenvalue weighted by Gasteiger charge is 2.20. The van der Waals surface area contributed by atoms with Gasteiger partial charge in [0.1, 0.15) is 11.6 Å². The van der Waals surface area contributed by atoms with Crippen LogP contribution in [-0.2, 0) is 6.61 Å². The second-order valence-corrected chi connectivity index (χ2v) is 7.71. The maximum absolute atomic E-state index is 14.5. The van der Waals surface area contributed by atoms with E-state index in [4.69, 9.17) is 9.26 Å². The number of hydrogen-bond donors (Lipinski definition) is 0. The Kier molecular flexibility index (Phi) is 5.38. The molecule has 0 N–H and O–H groups in total. The summed E-state index contributed by atoms with van der Waals surface area (Å²) in [4.78, 5) is 4.44. The average Bonchev–Trinajstić information content (AvgIpc) is 3.35. The van der Waals surface area contributed by atoms with Gasteiger partial charge in [0.2, 0.25) is 0 Å². The van der Waals surface area contributed by atoms with Crippen molar-refractivity contribution in [3.05, 3.63) is 60.1 Å². The quantitative estimate of drug-likeness (QED) is 0.548. The van der Waals surface area contributed by atoms with Crippen molar-refractivity contribution in [3.8, 4) is 16.9 Å². The normalized spacial score (nSPS) is 14.6. The lowest BCUT2D eigenvalue weighted by Gasteiger charge is -2.14. The Bertz CT molecular complexity index is 889. The fourth-order valence-corrected chi connectivity index (χ4v) is 4.50. The highest BCUT2D eigenvalue weighted by Crippen LogP contribution is 2.39. The van der Waals surface area contributed by atoms with Crippen LogP contribution in [0.25, 0.3) is 11.1 Å². The fraction of sp³-hybridized carbons (Fsp3) is 0.300. The van der Waals surface area contributed by atoms with Gasteiger partial charge in [-0.15, -0.1) is 11.8 Å². The number of aromatic nitrogens is 2. The van der Waals surface area contributed by atoms with Crippen molar-refractivity contribution in [2.75, 3.05) is 0 Å². The third-order valence-electron chi connectivity index (χ3n) is 4.51. The van der Waals surface area contributed by atoms with Gasteiger partial charge in [-0.3, -0.25) is 0 Å². The van der Waals surface area contributed by atoms with Crippen LogP contribution in [-0.4, -0.2) is 15.4 Å². The molecule has 0 atom stereocenters. The van der Waals surface area contributed by atoms with Crippen LogP contribution >= 0.6 is 11.8 Å². The summed E-state index contributed by atoms with van der Waals surface area (Å²) in [5, 5.41) is 4.85. The first kappa shape index (κ1) is 18.0. The van der Waals surface area contributed by atoms with Crippen LogP contribution in [0.1, 0.15) is 31.4 Å². The second kappa shape index (κ2) is 8.08. The molecule has 3 aromatic rings. The van der Waals surface area contributed by atoms with Crippen molar-refractivity contribution in [2.45, 2.75) is 42.6 Å². The molecule has 2 aromatic heterocycles. The third kappa shape index (κ3) is 4.13. The van der Waals surface area contributed by atoms with E-state index in [9.17, 15) is 8.78 Å². The summed E-state index contributed by atoms with van der Waals surface area (Å²) in [6.45, 7) is -0.0944. The number of benzene rings is 1. The molecule has 140 valence electrons. The highest BCUT2D eigenvalue weighted by atomic mass is 32.2. The van der Waals surface area contributed by atoms with Crippen LogP contribution < -0.4 is 4.74 Å². The second-order valence-electron chi connectivity index (χ2n) is 6.42. The van der Waals surface area contributed by atoms with Gasteiger partial charge in [0.05, 0.1) is 6.20 Å². The SMILES string of the molecule is Fc1cc(-c2cccnc2SC2CCCC2)cc(F)c1OCc1ccno1. The van der Waals surface area contributed by atoms with Crippen LogP contribution in [0.3, 0.4) is 0 Å². The summed E-state index contributed by atoms with van der Waals surface area (Å²) in [6.07, 6.45) is 7.90. The van der Waals surface area contributed by atoms with Gasteiger partial charge >= 0.3 is 0 Å². The zero-order valence-electron chi connectivity index (χ0n) is 14.5. The number of ether oxygens (including phenoxy) is 1. The first-order valence-corrected chi connectivity index (χ1v) is 9.72. The standard InChI is InChI=1S/C20H18F2N2O2S/c21-17-10-13(11-18(22)19(17)25-12-14-7-9-24-26-14)16-6-3-8-23-20(16)27-15-4-1-2-5-15/h3,6-11,15H,1-2,4-5,12H2. The summed E-state index contributed by atoms with van der Waals surface area (Å²) in [6, 6.07) is 7.76. The number of nitrogens with zero attached hydrogens (tertiary/aromatic N) is 2. The molecule has 7 heteroatoms. The zero-order chi connectivity index (χ0) is 18.6. The molecule has 1 aliphatic rings. The van der Waals surface area contributed by atoms with Gasteiger partial charge in [0.25, 0.3) is 0 Å². The van der Waals surface area contributed by atoms with Gasteiger partial charge in [0.15, 0.2) is 23.1 Å². The van der Waals surface area contributed by atoms with Crippen LogP contribution in [0.4, 0.5) is 8.78 Å². The molecule has 0 radical (unpaired) electrons. The topological polar surface area (TPSA) is 48.2 Å². The van der Waals surface area contributed by atoms with E-state index in [2.05, 4.69) is 10.1 Å². The van der Waals surface area contributed by atoms with Crippen LogP contribution in [0.5, 0.6) is 5.75 Å². The first-order valence-electron chi connectivity index (χ1n) is 8.84. The lowest BCUT2D eigenvalue weighted by molar-refractivity contribution is 0.230. The Morgan fingerprint density at radius 3 is 2.59 bits per heavy atom. The molecular formula is C20H18F2N2O2S. The Balaban J connectivity index is 1.59. The van der Waals surface area contributed by atoms with Crippen LogP contribution in [0, 0.1) is 11.6 Å². The minimum Gasteiger partial charge on any atom is -0.479 e. The fourth-order valence-electron chi connectivity index (χ4n) is 3.18. The van der Waals surface area contributed by atoms with Crippen LogP contribution in [0.15, 0.2) is 52.3 Å². The monoisotopic (exact) mass is 388 g/mol. The molecule has 0 saturated heterocycles. The Morgan fingerprint density at radius 1 is 1.11 bits per heavy atom. The van der Waals surface area contributed by atoms with Crippen molar-refractivity contribution in [1.82, 2.24) is 10.1 Å². The van der Waals surface area contributed by atoms with Crippen molar-refractivity contribution in [1.29, 1.82) is 0 Å². The largest absolute Gasteiger partial charge is 0.479 e. The molecular weight excluding hydrogens is 370 g/mol. The summed E-state index contributed by atoms with van der Waals surface area (Å²) in [5.74, 6) is -1.56. The zero-order valence-corrected chi connectivity index (χ0v) is 15.3. The Labute approximate surface area is 159 Å². The number of pyridine rings is 1. The summed E-state index contributed by atoms with van der Waals surface area (Å²) in [7, 11) is 0. The van der Waals surface area contributed by atoms with E-state index in [-0.39, 0.29) is 6.61 Å². The predicted octanol–water partition coefficient (Wildman–Crippen LogP) is 5.63. The van der Waals surface area contributed by atoms with Crippen molar-refractivity contribution in [3.63, 3.8) is 0 Å². The first-order chi connectivity index (χ1) is 13.2. The molecule has 1 aromatic carbocycles. The third-order valence-corrected chi connectivity index (χ3v) is 5.86. The minimum atomic E-state index is -0.759. The smallest absolute Gasteiger partial charge is 0.191 e. The number of thioether (sulfide) groups is 1. The molecule has 0 unspecified atom stereocenters. The van der Waals surface area contributed by atoms with E-state index in [1.807, 2.05) is 6.07 Å². The minimum absolute atomic E-state index is 0.0944. The number of rotatable bonds is 6. The summed E-state index contributed by atoms with van der Waals surface area (Å²) in [5.41, 5.74) is 1.18. The molecule has 0 aliphatic heterocycles. The van der Waals surface area contributed by atoms with Gasteiger partial charge in [-0.25, -0.2) is 13.8 Å². The van der Waals surface area contributed by atoms with Crippen LogP contribution in [0.2, 0.25) is 0 Å². The van der Waals surface area contributed by atoms with Gasteiger partial charge in [-0.05, 0) is 36.6 Å². The molecule has 0 bridgehead atoms. The lowest BCUT2D eigenvalue weighted by Crippen LogP contribution is -2.01. The van der Waals surface area contributed by atoms with Crippen molar-refractivity contribution in [2.24, 2.45) is 0 Å². The van der Waals surface area contributed by atoms with Gasteiger partial charge in [-0.2, -0.15) is 0 Å². The molecule has 1 saturated carbocycles. The van der Waals surface area contributed by atoms with E-state index in [0.29, 0.717) is 16.6 Å². The van der Waals surface area contributed by atoms with Gasteiger partial charge in [0, 0.05) is 23.1 Å². The van der Waals surface area contributed by atoms with Gasteiger partial charge in [-0.1, -0.05) is 24.1 Å². The predicted molar refractivity (Wildman–Crippen MR) is 98.5 cm³/mol. The van der Waals surface area contributed by atoms with Crippen molar-refractivity contribution >= 4 is 11.8 Å². The van der Waals surface area contributed by atoms with E-state index in [0.717, 1.165) is 23.4 Å². The molecule has 4 rings (SSSR count). The molecule has 4 nitrogen and oxygen atoms in total. The van der Waals surface area contributed by atoms with E-state index >= 15 is 0 Å². The average molecular weight is 388 g/mol. The maximum atomic E-state index is 14.5. The Hall–Kier alpha value is -2.41. The summed E-state index contributed by atoms with van der Waals surface area (Å²) < 4.78 is 39.2. The summed E-state index contributed by atoms with van der Waals surface area (Å²) >= 11 is 1.69. The van der Waals surface area contributed by atoms with E-state index in [1.54, 1.807) is 30.1 Å². The molecule has 1 aliphatic carbocycles. The van der Waals surface area contributed by atoms with E-state index in [1.165, 1.54) is 31.2 Å². The highest BCUT2D eigenvalue weighted by molar-refractivity contribution is 8.00. The molecule has 2 heterocycles. The Morgan fingerprint density at radius 2 is 1.89 bits per heavy atom. The number of hydrogen-bond acceptors (Lipinski definition) is 5. The maximum Gasteiger partial charge on any atom is 0.191 e. The lowest BCUT2D eigenvalue weighted by atomic mass is 10.1. The number of halogens is 2.